The lowest BCUT2D eigenvalue weighted by atomic mass is 9.75. The van der Waals surface area contributed by atoms with E-state index >= 15 is 0 Å². The molecule has 0 saturated heterocycles. The molecule has 4 atom stereocenters. The van der Waals surface area contributed by atoms with E-state index in [4.69, 9.17) is 9.47 Å². The molecule has 0 saturated carbocycles. The lowest BCUT2D eigenvalue weighted by molar-refractivity contribution is -0.118. The smallest absolute Gasteiger partial charge is 0.130 e. The van der Waals surface area contributed by atoms with E-state index in [1.807, 2.05) is 60.7 Å². The number of benzene rings is 2. The Morgan fingerprint density at radius 1 is 0.765 bits per heavy atom. The molecule has 0 aromatic heterocycles. The highest BCUT2D eigenvalue weighted by Gasteiger charge is 2.27. The molecular weight excluding hydrogens is 424 g/mol. The fourth-order valence-electron chi connectivity index (χ4n) is 4.75. The maximum absolute atomic E-state index is 12.1. The second kappa shape index (κ2) is 13.5. The fraction of sp³-hybridized carbons (Fsp3) is 0.400. The number of allylic oxidation sites excluding steroid dienone is 2. The van der Waals surface area contributed by atoms with E-state index in [1.54, 1.807) is 28.1 Å². The van der Waals surface area contributed by atoms with Crippen LogP contribution in [0.3, 0.4) is 0 Å². The predicted molar refractivity (Wildman–Crippen MR) is 139 cm³/mol. The zero-order valence-electron chi connectivity index (χ0n) is 21.0. The number of rotatable bonds is 15. The van der Waals surface area contributed by atoms with Crippen LogP contribution in [0, 0.1) is 11.8 Å². The van der Waals surface area contributed by atoms with Gasteiger partial charge in [-0.2, -0.15) is 0 Å². The van der Waals surface area contributed by atoms with Gasteiger partial charge in [-0.3, -0.25) is 0 Å². The van der Waals surface area contributed by atoms with Gasteiger partial charge in [-0.15, -0.1) is 13.2 Å². The monoisotopic (exact) mass is 462 g/mol. The Morgan fingerprint density at radius 3 is 1.44 bits per heavy atom. The minimum Gasteiger partial charge on any atom is -0.497 e. The van der Waals surface area contributed by atoms with Gasteiger partial charge >= 0.3 is 0 Å². The highest BCUT2D eigenvalue weighted by Crippen LogP contribution is 2.39. The van der Waals surface area contributed by atoms with Crippen molar-refractivity contribution in [2.45, 2.75) is 51.4 Å². The van der Waals surface area contributed by atoms with Crippen LogP contribution < -0.4 is 9.47 Å². The SMILES string of the molecule is C=C[C@H](CC[C@H](C=C)[C@H](CC(C)=O)c1cccc(OC)c1)[C@@H](CC(C)=O)c1cccc(OC)c1. The van der Waals surface area contributed by atoms with Gasteiger partial charge in [0, 0.05) is 12.8 Å². The Hall–Kier alpha value is -3.14. The summed E-state index contributed by atoms with van der Waals surface area (Å²) in [5.41, 5.74) is 2.14. The molecule has 0 amide bonds. The molecule has 182 valence electrons. The summed E-state index contributed by atoms with van der Waals surface area (Å²) in [7, 11) is 3.29. The van der Waals surface area contributed by atoms with Crippen molar-refractivity contribution >= 4 is 11.6 Å². The van der Waals surface area contributed by atoms with Gasteiger partial charge < -0.3 is 19.1 Å². The Morgan fingerprint density at radius 2 is 1.15 bits per heavy atom. The van der Waals surface area contributed by atoms with Crippen LogP contribution in [0.1, 0.15) is 62.5 Å². The molecule has 0 fully saturated rings. The molecule has 34 heavy (non-hydrogen) atoms. The number of methoxy groups -OCH3 is 2. The lowest BCUT2D eigenvalue weighted by Gasteiger charge is -2.29. The summed E-state index contributed by atoms with van der Waals surface area (Å²) in [6.07, 6.45) is 6.45. The Balaban J connectivity index is 2.30. The number of carbonyl (C=O) groups is 2. The molecule has 2 aromatic rings. The topological polar surface area (TPSA) is 52.6 Å². The van der Waals surface area contributed by atoms with Gasteiger partial charge in [0.25, 0.3) is 0 Å². The molecule has 0 aliphatic rings. The predicted octanol–water partition coefficient (Wildman–Crippen LogP) is 6.91. The molecule has 0 heterocycles. The minimum atomic E-state index is 0.0126. The zero-order chi connectivity index (χ0) is 25.1. The molecule has 0 aliphatic carbocycles. The normalized spacial score (nSPS) is 14.4. The molecule has 0 radical (unpaired) electrons. The molecule has 2 aromatic carbocycles. The van der Waals surface area contributed by atoms with Crippen LogP contribution in [0.4, 0.5) is 0 Å². The van der Waals surface area contributed by atoms with E-state index < -0.39 is 0 Å². The van der Waals surface area contributed by atoms with Gasteiger partial charge in [-0.25, -0.2) is 0 Å². The molecule has 2 rings (SSSR count). The van der Waals surface area contributed by atoms with Gasteiger partial charge in [0.15, 0.2) is 0 Å². The van der Waals surface area contributed by atoms with Crippen molar-refractivity contribution in [2.75, 3.05) is 14.2 Å². The van der Waals surface area contributed by atoms with Gasteiger partial charge in [-0.1, -0.05) is 36.4 Å². The molecule has 0 bridgehead atoms. The number of carbonyl (C=O) groups excluding carboxylic acids is 2. The van der Waals surface area contributed by atoms with E-state index in [1.165, 1.54) is 0 Å². The number of hydrogen-bond acceptors (Lipinski definition) is 4. The standard InChI is InChI=1S/C30H38O4/c1-7-23(29(17-21(3)31)25-11-9-13-27(19-25)33-5)15-16-24(8-2)30(18-22(4)32)26-12-10-14-28(20-26)34-6/h7-14,19-20,23-24,29-30H,1-2,15-18H2,3-6H3/t23-,24+,29-,30+. The van der Waals surface area contributed by atoms with Crippen molar-refractivity contribution in [1.29, 1.82) is 0 Å². The molecule has 0 spiro atoms. The third-order valence-corrected chi connectivity index (χ3v) is 6.53. The van der Waals surface area contributed by atoms with E-state index in [-0.39, 0.29) is 35.2 Å². The van der Waals surface area contributed by atoms with E-state index in [0.29, 0.717) is 12.8 Å². The maximum atomic E-state index is 12.1. The highest BCUT2D eigenvalue weighted by atomic mass is 16.5. The Kier molecular flexibility index (Phi) is 10.8. The van der Waals surface area contributed by atoms with Gasteiger partial charge in [-0.05, 0) is 85.8 Å². The fourth-order valence-corrected chi connectivity index (χ4v) is 4.75. The first-order valence-electron chi connectivity index (χ1n) is 11.8. The summed E-state index contributed by atoms with van der Waals surface area (Å²) < 4.78 is 10.8. The van der Waals surface area contributed by atoms with Crippen LogP contribution in [0.2, 0.25) is 0 Å². The summed E-state index contributed by atoms with van der Waals surface area (Å²) in [5, 5.41) is 0. The molecule has 4 heteroatoms. The molecule has 0 unspecified atom stereocenters. The summed E-state index contributed by atoms with van der Waals surface area (Å²) in [5.74, 6) is 2.06. The summed E-state index contributed by atoms with van der Waals surface area (Å²) in [6, 6.07) is 15.8. The summed E-state index contributed by atoms with van der Waals surface area (Å²) in [6.45, 7) is 11.5. The van der Waals surface area contributed by atoms with Crippen molar-refractivity contribution in [3.05, 3.63) is 85.0 Å². The van der Waals surface area contributed by atoms with Gasteiger partial charge in [0.1, 0.15) is 23.1 Å². The second-order valence-corrected chi connectivity index (χ2v) is 8.95. The third-order valence-electron chi connectivity index (χ3n) is 6.53. The van der Waals surface area contributed by atoms with Gasteiger partial charge in [0.2, 0.25) is 0 Å². The Bertz CT molecular complexity index is 898. The van der Waals surface area contributed by atoms with Crippen molar-refractivity contribution in [3.63, 3.8) is 0 Å². The number of hydrogen-bond donors (Lipinski definition) is 0. The molecule has 0 N–H and O–H groups in total. The third kappa shape index (κ3) is 7.72. The van der Waals surface area contributed by atoms with Crippen LogP contribution in [-0.2, 0) is 9.59 Å². The van der Waals surface area contributed by atoms with Crippen LogP contribution in [0.15, 0.2) is 73.8 Å². The lowest BCUT2D eigenvalue weighted by Crippen LogP contribution is -2.19. The van der Waals surface area contributed by atoms with E-state index in [2.05, 4.69) is 13.2 Å². The van der Waals surface area contributed by atoms with E-state index in [0.717, 1.165) is 35.5 Å². The zero-order valence-corrected chi connectivity index (χ0v) is 21.0. The van der Waals surface area contributed by atoms with Crippen molar-refractivity contribution in [1.82, 2.24) is 0 Å². The number of ketones is 2. The Labute approximate surface area is 204 Å². The van der Waals surface area contributed by atoms with Crippen LogP contribution >= 0.6 is 0 Å². The summed E-state index contributed by atoms with van der Waals surface area (Å²) in [4.78, 5) is 24.3. The number of ether oxygens (including phenoxy) is 2. The highest BCUT2D eigenvalue weighted by molar-refractivity contribution is 5.77. The number of Topliss-reactive ketones (excluding diaryl/α,β-unsaturated/α-hetero) is 2. The van der Waals surface area contributed by atoms with Crippen molar-refractivity contribution in [2.24, 2.45) is 11.8 Å². The van der Waals surface area contributed by atoms with Crippen molar-refractivity contribution in [3.8, 4) is 11.5 Å². The van der Waals surface area contributed by atoms with Gasteiger partial charge in [0.05, 0.1) is 14.2 Å². The molecule has 4 nitrogen and oxygen atoms in total. The van der Waals surface area contributed by atoms with Crippen molar-refractivity contribution < 1.29 is 19.1 Å². The largest absolute Gasteiger partial charge is 0.497 e. The maximum Gasteiger partial charge on any atom is 0.130 e. The quantitative estimate of drug-likeness (QED) is 0.270. The summed E-state index contributed by atoms with van der Waals surface area (Å²) >= 11 is 0. The average Bonchev–Trinajstić information content (AvgIpc) is 2.84. The first-order valence-corrected chi connectivity index (χ1v) is 11.8. The first kappa shape index (κ1) is 27.1. The second-order valence-electron chi connectivity index (χ2n) is 8.95. The first-order chi connectivity index (χ1) is 16.3. The minimum absolute atomic E-state index is 0.0126. The van der Waals surface area contributed by atoms with Crippen LogP contribution in [-0.4, -0.2) is 25.8 Å². The van der Waals surface area contributed by atoms with E-state index in [9.17, 15) is 9.59 Å². The average molecular weight is 463 g/mol. The van der Waals surface area contributed by atoms with Crippen LogP contribution in [0.5, 0.6) is 11.5 Å². The molecular formula is C30H38O4. The van der Waals surface area contributed by atoms with Crippen LogP contribution in [0.25, 0.3) is 0 Å². The molecule has 0 aliphatic heterocycles.